The van der Waals surface area contributed by atoms with E-state index in [1.807, 2.05) is 0 Å². The van der Waals surface area contributed by atoms with Crippen molar-refractivity contribution < 1.29 is 0 Å². The van der Waals surface area contributed by atoms with Crippen molar-refractivity contribution >= 4 is 11.7 Å². The molecule has 0 fully saturated rings. The Morgan fingerprint density at radius 2 is 2.18 bits per heavy atom. The number of nitrogen functional groups attached to an aromatic ring is 1. The highest BCUT2D eigenvalue weighted by atomic mass is 15.0. The van der Waals surface area contributed by atoms with Gasteiger partial charge in [0, 0.05) is 19.4 Å². The molecule has 0 atom stereocenters. The predicted molar refractivity (Wildman–Crippen MR) is 42.6 cm³/mol. The van der Waals surface area contributed by atoms with Crippen molar-refractivity contribution in [1.82, 2.24) is 9.97 Å². The Balaban J connectivity index is 3.12. The Kier molecular flexibility index (Phi) is 2.00. The van der Waals surface area contributed by atoms with E-state index < -0.39 is 0 Å². The van der Waals surface area contributed by atoms with Gasteiger partial charge < -0.3 is 11.1 Å². The van der Waals surface area contributed by atoms with Gasteiger partial charge in [-0.05, 0) is 0 Å². The van der Waals surface area contributed by atoms with Crippen LogP contribution in [-0.2, 0) is 0 Å². The molecule has 0 radical (unpaired) electrons. The lowest BCUT2D eigenvalue weighted by molar-refractivity contribution is 1.15. The van der Waals surface area contributed by atoms with Crippen LogP contribution in [0.15, 0.2) is 12.4 Å². The highest BCUT2D eigenvalue weighted by molar-refractivity contribution is 5.97. The van der Waals surface area contributed by atoms with E-state index in [9.17, 15) is 0 Å². The molecule has 58 valence electrons. The largest absolute Gasteiger partial charge is 0.382 e. The molecule has 0 bridgehead atoms. The molecule has 5 nitrogen and oxygen atoms in total. The molecule has 1 heterocycles. The Morgan fingerprint density at radius 1 is 1.55 bits per heavy atom. The van der Waals surface area contributed by atoms with E-state index in [1.165, 1.54) is 12.4 Å². The van der Waals surface area contributed by atoms with Gasteiger partial charge in [-0.1, -0.05) is 0 Å². The number of anilines is 1. The SMILES string of the molecule is CNc1nccnc1C(=N)N. The summed E-state index contributed by atoms with van der Waals surface area (Å²) in [5.41, 5.74) is 5.62. The molecule has 0 aromatic carbocycles. The maximum absolute atomic E-state index is 7.11. The number of nitrogens with one attached hydrogen (secondary N) is 2. The van der Waals surface area contributed by atoms with Gasteiger partial charge in [0.25, 0.3) is 0 Å². The number of hydrogen-bond donors (Lipinski definition) is 3. The molecule has 0 saturated heterocycles. The van der Waals surface area contributed by atoms with Crippen molar-refractivity contribution in [2.24, 2.45) is 5.73 Å². The summed E-state index contributed by atoms with van der Waals surface area (Å²) in [5, 5.41) is 9.90. The van der Waals surface area contributed by atoms with Crippen molar-refractivity contribution in [2.45, 2.75) is 0 Å². The molecule has 0 aliphatic rings. The minimum Gasteiger partial charge on any atom is -0.382 e. The average Bonchev–Trinajstić information content (AvgIpc) is 2.04. The Bertz CT molecular complexity index is 269. The molecular weight excluding hydrogens is 142 g/mol. The first-order valence-electron chi connectivity index (χ1n) is 3.09. The van der Waals surface area contributed by atoms with Gasteiger partial charge in [-0.2, -0.15) is 0 Å². The third-order valence-corrected chi connectivity index (χ3v) is 1.19. The molecule has 11 heavy (non-hydrogen) atoms. The van der Waals surface area contributed by atoms with Crippen LogP contribution in [0.4, 0.5) is 5.82 Å². The van der Waals surface area contributed by atoms with Gasteiger partial charge in [-0.25, -0.2) is 9.97 Å². The quantitative estimate of drug-likeness (QED) is 0.403. The van der Waals surface area contributed by atoms with E-state index in [-0.39, 0.29) is 5.84 Å². The summed E-state index contributed by atoms with van der Waals surface area (Å²) < 4.78 is 0. The van der Waals surface area contributed by atoms with Crippen LogP contribution < -0.4 is 11.1 Å². The van der Waals surface area contributed by atoms with Crippen molar-refractivity contribution in [2.75, 3.05) is 12.4 Å². The minimum atomic E-state index is -0.0811. The monoisotopic (exact) mass is 151 g/mol. The van der Waals surface area contributed by atoms with Gasteiger partial charge in [-0.15, -0.1) is 0 Å². The van der Waals surface area contributed by atoms with Crippen molar-refractivity contribution in [3.8, 4) is 0 Å². The molecule has 0 aliphatic heterocycles. The number of amidine groups is 1. The first-order chi connectivity index (χ1) is 5.25. The zero-order valence-corrected chi connectivity index (χ0v) is 6.13. The van der Waals surface area contributed by atoms with Gasteiger partial charge in [-0.3, -0.25) is 5.41 Å². The number of nitrogens with two attached hydrogens (primary N) is 1. The molecule has 0 saturated carbocycles. The van der Waals surface area contributed by atoms with E-state index in [0.29, 0.717) is 11.5 Å². The fourth-order valence-electron chi connectivity index (χ4n) is 0.718. The topological polar surface area (TPSA) is 87.7 Å². The molecular formula is C6H9N5. The molecule has 1 rings (SSSR count). The number of hydrogen-bond acceptors (Lipinski definition) is 4. The second kappa shape index (κ2) is 2.96. The van der Waals surface area contributed by atoms with E-state index in [0.717, 1.165) is 0 Å². The summed E-state index contributed by atoms with van der Waals surface area (Å²) in [6.45, 7) is 0. The Hall–Kier alpha value is -1.65. The summed E-state index contributed by atoms with van der Waals surface area (Å²) in [5.74, 6) is 0.447. The van der Waals surface area contributed by atoms with Crippen LogP contribution in [-0.4, -0.2) is 22.9 Å². The fraction of sp³-hybridized carbons (Fsp3) is 0.167. The van der Waals surface area contributed by atoms with Gasteiger partial charge in [0.05, 0.1) is 0 Å². The summed E-state index contributed by atoms with van der Waals surface area (Å²) in [4.78, 5) is 7.80. The highest BCUT2D eigenvalue weighted by Crippen LogP contribution is 2.04. The molecule has 0 spiro atoms. The summed E-state index contributed by atoms with van der Waals surface area (Å²) >= 11 is 0. The number of aromatic nitrogens is 2. The van der Waals surface area contributed by atoms with Gasteiger partial charge in [0.2, 0.25) is 0 Å². The zero-order chi connectivity index (χ0) is 8.27. The summed E-state index contributed by atoms with van der Waals surface area (Å²) in [6.07, 6.45) is 3.04. The standard InChI is InChI=1S/C6H9N5/c1-9-6-4(5(7)8)10-2-3-11-6/h2-3H,1H3,(H3,7,8)(H,9,11). The molecule has 4 N–H and O–H groups in total. The molecule has 0 amide bonds. The lowest BCUT2D eigenvalue weighted by atomic mass is 10.4. The lowest BCUT2D eigenvalue weighted by Crippen LogP contribution is -2.16. The maximum atomic E-state index is 7.11. The van der Waals surface area contributed by atoms with Crippen LogP contribution in [0.2, 0.25) is 0 Å². The number of rotatable bonds is 2. The van der Waals surface area contributed by atoms with E-state index in [2.05, 4.69) is 15.3 Å². The first-order valence-corrected chi connectivity index (χ1v) is 3.09. The zero-order valence-electron chi connectivity index (χ0n) is 6.13. The highest BCUT2D eigenvalue weighted by Gasteiger charge is 2.04. The number of nitrogens with zero attached hydrogens (tertiary/aromatic N) is 2. The van der Waals surface area contributed by atoms with Gasteiger partial charge in [0.1, 0.15) is 11.5 Å². The predicted octanol–water partition coefficient (Wildman–Crippen LogP) is -0.198. The van der Waals surface area contributed by atoms with Crippen LogP contribution in [0.1, 0.15) is 5.69 Å². The third-order valence-electron chi connectivity index (χ3n) is 1.19. The first kappa shape index (κ1) is 7.46. The molecule has 1 aromatic rings. The second-order valence-corrected chi connectivity index (χ2v) is 1.92. The third kappa shape index (κ3) is 1.43. The van der Waals surface area contributed by atoms with E-state index in [1.54, 1.807) is 7.05 Å². The fourth-order valence-corrected chi connectivity index (χ4v) is 0.718. The Morgan fingerprint density at radius 3 is 2.64 bits per heavy atom. The average molecular weight is 151 g/mol. The van der Waals surface area contributed by atoms with Gasteiger partial charge >= 0.3 is 0 Å². The van der Waals surface area contributed by atoms with Crippen molar-refractivity contribution in [3.63, 3.8) is 0 Å². The van der Waals surface area contributed by atoms with Gasteiger partial charge in [0.15, 0.2) is 5.82 Å². The van der Waals surface area contributed by atoms with Crippen LogP contribution >= 0.6 is 0 Å². The van der Waals surface area contributed by atoms with Crippen molar-refractivity contribution in [3.05, 3.63) is 18.1 Å². The lowest BCUT2D eigenvalue weighted by Gasteiger charge is -2.02. The van der Waals surface area contributed by atoms with Crippen LogP contribution in [0.5, 0.6) is 0 Å². The van der Waals surface area contributed by atoms with Crippen molar-refractivity contribution in [1.29, 1.82) is 5.41 Å². The van der Waals surface area contributed by atoms with Crippen LogP contribution in [0, 0.1) is 5.41 Å². The molecule has 5 heteroatoms. The van der Waals surface area contributed by atoms with E-state index in [4.69, 9.17) is 11.1 Å². The second-order valence-electron chi connectivity index (χ2n) is 1.92. The maximum Gasteiger partial charge on any atom is 0.155 e. The molecule has 0 aliphatic carbocycles. The van der Waals surface area contributed by atoms with E-state index >= 15 is 0 Å². The molecule has 1 aromatic heterocycles. The van der Waals surface area contributed by atoms with Crippen LogP contribution in [0.3, 0.4) is 0 Å². The van der Waals surface area contributed by atoms with Crippen LogP contribution in [0.25, 0.3) is 0 Å². The summed E-state index contributed by atoms with van der Waals surface area (Å²) in [6, 6.07) is 0. The normalized spacial score (nSPS) is 9.18. The smallest absolute Gasteiger partial charge is 0.155 e. The summed E-state index contributed by atoms with van der Waals surface area (Å²) in [7, 11) is 1.70. The molecule has 0 unspecified atom stereocenters. The minimum absolute atomic E-state index is 0.0811. The Labute approximate surface area is 64.2 Å².